The van der Waals surface area contributed by atoms with Crippen LogP contribution in [0.5, 0.6) is 5.75 Å². The van der Waals surface area contributed by atoms with Crippen molar-refractivity contribution in [2.24, 2.45) is 13.0 Å². The van der Waals surface area contributed by atoms with Crippen LogP contribution in [0.1, 0.15) is 19.4 Å². The van der Waals surface area contributed by atoms with E-state index in [2.05, 4.69) is 25.8 Å². The van der Waals surface area contributed by atoms with Gasteiger partial charge in [-0.2, -0.15) is 4.31 Å². The highest BCUT2D eigenvalue weighted by Crippen LogP contribution is 2.29. The topological polar surface area (TPSA) is 178 Å². The van der Waals surface area contributed by atoms with Crippen LogP contribution in [-0.2, 0) is 39.6 Å². The molecule has 2 aromatic heterocycles. The van der Waals surface area contributed by atoms with Crippen LogP contribution in [0.15, 0.2) is 42.1 Å². The summed E-state index contributed by atoms with van der Waals surface area (Å²) in [6.07, 6.45) is 3.46. The molecule has 3 atom stereocenters. The zero-order valence-electron chi connectivity index (χ0n) is 22.7. The molecule has 3 heterocycles. The lowest BCUT2D eigenvalue weighted by atomic mass is 10.0. The summed E-state index contributed by atoms with van der Waals surface area (Å²) in [6.45, 7) is 3.50. The summed E-state index contributed by atoms with van der Waals surface area (Å²) in [7, 11) is -0.760. The van der Waals surface area contributed by atoms with Crippen molar-refractivity contribution in [1.82, 2.24) is 39.0 Å². The van der Waals surface area contributed by atoms with Crippen LogP contribution >= 0.6 is 0 Å². The van der Waals surface area contributed by atoms with E-state index in [9.17, 15) is 23.1 Å². The molecule has 15 nitrogen and oxygen atoms in total. The minimum absolute atomic E-state index is 0.0144. The average Bonchev–Trinajstić information content (AvgIpc) is 3.59. The zero-order chi connectivity index (χ0) is 29.0. The van der Waals surface area contributed by atoms with Gasteiger partial charge in [-0.3, -0.25) is 9.59 Å². The van der Waals surface area contributed by atoms with Crippen molar-refractivity contribution in [3.05, 3.63) is 42.6 Å². The number of carbonyl (C=O) groups excluding carboxylic acids is 2. The van der Waals surface area contributed by atoms with Gasteiger partial charge in [-0.1, -0.05) is 6.92 Å². The number of amides is 2. The predicted molar refractivity (Wildman–Crippen MR) is 141 cm³/mol. The molecule has 3 aromatic rings. The number of sulfonamides is 1. The first-order chi connectivity index (χ1) is 19.0. The van der Waals surface area contributed by atoms with Crippen LogP contribution in [0.4, 0.5) is 5.69 Å². The Morgan fingerprint density at radius 3 is 2.75 bits per heavy atom. The van der Waals surface area contributed by atoms with E-state index in [1.54, 1.807) is 41.6 Å². The molecule has 2 N–H and O–H groups in total. The number of carbonyl (C=O) groups is 2. The number of hydrogen-bond acceptors (Lipinski definition) is 10. The molecule has 216 valence electrons. The van der Waals surface area contributed by atoms with Gasteiger partial charge in [-0.25, -0.2) is 18.1 Å². The molecule has 0 saturated carbocycles. The smallest absolute Gasteiger partial charge is 0.261 e. The number of anilines is 1. The van der Waals surface area contributed by atoms with Crippen LogP contribution in [-0.4, -0.2) is 103 Å². The monoisotopic (exact) mass is 575 g/mol. The molecule has 0 aliphatic carbocycles. The van der Waals surface area contributed by atoms with Crippen molar-refractivity contribution < 1.29 is 27.9 Å². The van der Waals surface area contributed by atoms with Crippen LogP contribution in [0.25, 0.3) is 0 Å². The third kappa shape index (κ3) is 6.63. The zero-order valence-corrected chi connectivity index (χ0v) is 23.5. The molecule has 1 aliphatic heterocycles. The Hall–Kier alpha value is -3.89. The van der Waals surface area contributed by atoms with Gasteiger partial charge in [0, 0.05) is 44.0 Å². The summed E-state index contributed by atoms with van der Waals surface area (Å²) >= 11 is 0. The van der Waals surface area contributed by atoms with Gasteiger partial charge >= 0.3 is 0 Å². The van der Waals surface area contributed by atoms with Gasteiger partial charge in [0.15, 0.2) is 5.03 Å². The van der Waals surface area contributed by atoms with E-state index in [0.29, 0.717) is 17.0 Å². The second kappa shape index (κ2) is 12.1. The first-order valence-electron chi connectivity index (χ1n) is 12.6. The molecule has 0 fully saturated rings. The van der Waals surface area contributed by atoms with Crippen LogP contribution < -0.4 is 10.1 Å². The fourth-order valence-corrected chi connectivity index (χ4v) is 5.50. The summed E-state index contributed by atoms with van der Waals surface area (Å²) < 4.78 is 36.7. The second-order valence-corrected chi connectivity index (χ2v) is 11.9. The lowest BCUT2D eigenvalue weighted by Gasteiger charge is -2.33. The number of aliphatic hydroxyl groups is 1. The third-order valence-electron chi connectivity index (χ3n) is 6.69. The summed E-state index contributed by atoms with van der Waals surface area (Å²) in [5, 5.41) is 23.2. The summed E-state index contributed by atoms with van der Waals surface area (Å²) in [6, 6.07) is 4.47. The number of nitrogens with zero attached hydrogens (tertiary/aromatic N) is 8. The normalized spacial score (nSPS) is 18.9. The quantitative estimate of drug-likeness (QED) is 0.338. The molecule has 0 bridgehead atoms. The first kappa shape index (κ1) is 29.1. The maximum absolute atomic E-state index is 13.4. The van der Waals surface area contributed by atoms with Crippen molar-refractivity contribution in [2.45, 2.75) is 44.0 Å². The highest BCUT2D eigenvalue weighted by atomic mass is 32.2. The van der Waals surface area contributed by atoms with Gasteiger partial charge in [0.2, 0.25) is 11.8 Å². The molecule has 16 heteroatoms. The van der Waals surface area contributed by atoms with E-state index < -0.39 is 22.2 Å². The van der Waals surface area contributed by atoms with Crippen LogP contribution in [0.3, 0.4) is 0 Å². The van der Waals surface area contributed by atoms with Crippen molar-refractivity contribution in [1.29, 1.82) is 0 Å². The molecule has 4 rings (SSSR count). The molecule has 0 unspecified atom stereocenters. The Morgan fingerprint density at radius 2 is 2.10 bits per heavy atom. The number of ether oxygens (including phenoxy) is 1. The molecule has 0 radical (unpaired) electrons. The molecular formula is C24H33N9O6S. The lowest BCUT2D eigenvalue weighted by molar-refractivity contribution is -0.134. The van der Waals surface area contributed by atoms with E-state index in [4.69, 9.17) is 4.74 Å². The number of tetrazole rings is 1. The third-order valence-corrected chi connectivity index (χ3v) is 8.40. The van der Waals surface area contributed by atoms with Crippen molar-refractivity contribution in [3.63, 3.8) is 0 Å². The second-order valence-electron chi connectivity index (χ2n) is 9.93. The van der Waals surface area contributed by atoms with E-state index >= 15 is 0 Å². The standard InChI is InChI=1S/C24H33N9O6S/c1-16-9-33(17(2)13-34)24(36)8-18-7-19(27-22(35)11-32-15-26-28-29-32)5-6-20(18)39-21(16)10-31(4)40(37,38)23-12-30(3)14-25-23/h5-7,12,14-17,21,34H,8-11,13H2,1-4H3,(H,27,35)/t16-,17-,21+/m0/s1. The SMILES string of the molecule is C[C@H]1CN([C@@H](C)CO)C(=O)Cc2cc(NC(=O)Cn3cnnn3)ccc2O[C@@H]1CN(C)S(=O)(=O)c1cn(C)cn1. The van der Waals surface area contributed by atoms with Crippen LogP contribution in [0, 0.1) is 5.92 Å². The van der Waals surface area contributed by atoms with E-state index in [-0.39, 0.29) is 55.4 Å². The molecule has 40 heavy (non-hydrogen) atoms. The predicted octanol–water partition coefficient (Wildman–Crippen LogP) is -0.485. The Kier molecular flexibility index (Phi) is 8.80. The average molecular weight is 576 g/mol. The molecule has 1 aromatic carbocycles. The Morgan fingerprint density at radius 1 is 1.32 bits per heavy atom. The van der Waals surface area contributed by atoms with Crippen molar-refractivity contribution in [3.8, 4) is 5.75 Å². The number of nitrogens with one attached hydrogen (secondary N) is 1. The Balaban J connectivity index is 1.62. The van der Waals surface area contributed by atoms with E-state index in [1.165, 1.54) is 34.9 Å². The number of likely N-dealkylation sites (N-methyl/N-ethyl adjacent to an activating group) is 1. The minimum Gasteiger partial charge on any atom is -0.488 e. The summed E-state index contributed by atoms with van der Waals surface area (Å²) in [5.41, 5.74) is 0.948. The van der Waals surface area contributed by atoms with Crippen molar-refractivity contribution >= 4 is 27.5 Å². The number of aromatic nitrogens is 6. The van der Waals surface area contributed by atoms with E-state index in [0.717, 1.165) is 0 Å². The Bertz CT molecular complexity index is 1440. The molecule has 2 amide bonds. The maximum Gasteiger partial charge on any atom is 0.261 e. The number of aliphatic hydroxyl groups excluding tert-OH is 1. The van der Waals surface area contributed by atoms with Gasteiger partial charge in [-0.15, -0.1) is 5.10 Å². The van der Waals surface area contributed by atoms with Gasteiger partial charge in [0.1, 0.15) is 24.7 Å². The van der Waals surface area contributed by atoms with Crippen molar-refractivity contribution in [2.75, 3.05) is 32.1 Å². The molecule has 0 spiro atoms. The molecular weight excluding hydrogens is 542 g/mol. The number of rotatable bonds is 9. The number of fused-ring (bicyclic) bond motifs is 1. The molecule has 0 saturated heterocycles. The van der Waals surface area contributed by atoms with Gasteiger partial charge in [-0.05, 0) is 35.5 Å². The van der Waals surface area contributed by atoms with Gasteiger partial charge in [0.05, 0.1) is 31.9 Å². The number of aryl methyl sites for hydroxylation is 1. The number of benzene rings is 1. The minimum atomic E-state index is -3.90. The fraction of sp³-hybridized carbons (Fsp3) is 0.500. The fourth-order valence-electron chi connectivity index (χ4n) is 4.36. The summed E-state index contributed by atoms with van der Waals surface area (Å²) in [4.78, 5) is 31.4. The first-order valence-corrected chi connectivity index (χ1v) is 14.1. The summed E-state index contributed by atoms with van der Waals surface area (Å²) in [5.74, 6) is -0.511. The maximum atomic E-state index is 13.4. The highest BCUT2D eigenvalue weighted by molar-refractivity contribution is 7.89. The highest BCUT2D eigenvalue weighted by Gasteiger charge is 2.34. The number of hydrogen-bond donors (Lipinski definition) is 2. The molecule has 1 aliphatic rings. The van der Waals surface area contributed by atoms with E-state index in [1.807, 2.05) is 6.92 Å². The van der Waals surface area contributed by atoms with Crippen LogP contribution in [0.2, 0.25) is 0 Å². The number of imidazole rings is 1. The largest absolute Gasteiger partial charge is 0.488 e. The van der Waals surface area contributed by atoms with Gasteiger partial charge < -0.3 is 24.6 Å². The van der Waals surface area contributed by atoms with Gasteiger partial charge in [0.25, 0.3) is 10.0 Å². The lowest BCUT2D eigenvalue weighted by Crippen LogP contribution is -2.48. The Labute approximate surface area is 231 Å².